The molecule has 1 heterocycles. The van der Waals surface area contributed by atoms with Crippen LogP contribution in [0.1, 0.15) is 23.5 Å². The lowest BCUT2D eigenvalue weighted by atomic mass is 9.97. The predicted molar refractivity (Wildman–Crippen MR) is 51.7 cm³/mol. The van der Waals surface area contributed by atoms with Gasteiger partial charge in [-0.3, -0.25) is 14.9 Å². The molecule has 3 heteroatoms. The van der Waals surface area contributed by atoms with Gasteiger partial charge in [0.25, 0.3) is 0 Å². The molecule has 1 atom stereocenters. The molecule has 2 rings (SSSR count). The molecule has 2 amide bonds. The third-order valence-electron chi connectivity index (χ3n) is 2.45. The molecule has 1 aromatic rings. The van der Waals surface area contributed by atoms with Crippen molar-refractivity contribution in [3.8, 4) is 0 Å². The van der Waals surface area contributed by atoms with E-state index < -0.39 is 0 Å². The summed E-state index contributed by atoms with van der Waals surface area (Å²) < 4.78 is 0. The largest absolute Gasteiger partial charge is 0.296 e. The molecular weight excluding hydrogens is 178 g/mol. The van der Waals surface area contributed by atoms with E-state index in [0.29, 0.717) is 0 Å². The van der Waals surface area contributed by atoms with E-state index in [1.165, 1.54) is 0 Å². The number of benzene rings is 1. The van der Waals surface area contributed by atoms with E-state index in [-0.39, 0.29) is 24.2 Å². The molecule has 1 N–H and O–H groups in total. The molecule has 0 aliphatic carbocycles. The van der Waals surface area contributed by atoms with Crippen molar-refractivity contribution in [3.05, 3.63) is 35.4 Å². The fourth-order valence-electron chi connectivity index (χ4n) is 1.62. The average Bonchev–Trinajstić information content (AvgIpc) is 2.47. The van der Waals surface area contributed by atoms with E-state index in [1.807, 2.05) is 31.2 Å². The highest BCUT2D eigenvalue weighted by Crippen LogP contribution is 2.24. The van der Waals surface area contributed by atoms with E-state index in [9.17, 15) is 9.59 Å². The Hall–Kier alpha value is -1.64. The third kappa shape index (κ3) is 1.53. The molecule has 0 bridgehead atoms. The summed E-state index contributed by atoms with van der Waals surface area (Å²) in [4.78, 5) is 22.3. The van der Waals surface area contributed by atoms with Crippen molar-refractivity contribution >= 4 is 11.8 Å². The minimum atomic E-state index is -0.289. The Kier molecular flexibility index (Phi) is 2.08. The fraction of sp³-hybridized carbons (Fsp3) is 0.273. The number of amides is 2. The lowest BCUT2D eigenvalue weighted by molar-refractivity contribution is -0.125. The van der Waals surface area contributed by atoms with Gasteiger partial charge in [0.05, 0.1) is 5.92 Å². The molecule has 0 radical (unpaired) electrons. The zero-order valence-electron chi connectivity index (χ0n) is 7.91. The van der Waals surface area contributed by atoms with E-state index in [0.717, 1.165) is 11.1 Å². The van der Waals surface area contributed by atoms with E-state index in [1.54, 1.807) is 0 Å². The quantitative estimate of drug-likeness (QED) is 0.673. The fourth-order valence-corrected chi connectivity index (χ4v) is 1.62. The maximum Gasteiger partial charge on any atom is 0.234 e. The molecular formula is C11H11NO2. The summed E-state index contributed by atoms with van der Waals surface area (Å²) in [5, 5.41) is 2.30. The zero-order chi connectivity index (χ0) is 10.1. The summed E-state index contributed by atoms with van der Waals surface area (Å²) in [5.41, 5.74) is 2.07. The van der Waals surface area contributed by atoms with Crippen LogP contribution in [-0.4, -0.2) is 11.8 Å². The van der Waals surface area contributed by atoms with Gasteiger partial charge in [-0.25, -0.2) is 0 Å². The lowest BCUT2D eigenvalue weighted by Gasteiger charge is -2.05. The third-order valence-corrected chi connectivity index (χ3v) is 2.45. The zero-order valence-corrected chi connectivity index (χ0v) is 7.91. The van der Waals surface area contributed by atoms with Crippen LogP contribution in [0, 0.1) is 6.92 Å². The standard InChI is InChI=1S/C11H11NO2/c1-7-2-4-8(5-3-7)9-6-10(13)12-11(9)14/h2-5,9H,6H2,1H3,(H,12,13,14)/t9-/m0/s1. The van der Waals surface area contributed by atoms with Gasteiger partial charge >= 0.3 is 0 Å². The SMILES string of the molecule is Cc1ccc([C@@H]2CC(=O)NC2=O)cc1. The van der Waals surface area contributed by atoms with Crippen molar-refractivity contribution in [2.75, 3.05) is 0 Å². The van der Waals surface area contributed by atoms with Gasteiger partial charge in [-0.1, -0.05) is 29.8 Å². The highest BCUT2D eigenvalue weighted by Gasteiger charge is 2.31. The molecule has 1 aliphatic heterocycles. The van der Waals surface area contributed by atoms with Gasteiger partial charge in [0.2, 0.25) is 11.8 Å². The van der Waals surface area contributed by atoms with Gasteiger partial charge in [-0.2, -0.15) is 0 Å². The summed E-state index contributed by atoms with van der Waals surface area (Å²) >= 11 is 0. The number of rotatable bonds is 1. The maximum atomic E-state index is 11.3. The number of nitrogens with one attached hydrogen (secondary N) is 1. The summed E-state index contributed by atoms with van der Waals surface area (Å²) in [6.45, 7) is 1.99. The first-order valence-electron chi connectivity index (χ1n) is 4.57. The minimum Gasteiger partial charge on any atom is -0.296 e. The van der Waals surface area contributed by atoms with Crippen molar-refractivity contribution in [1.29, 1.82) is 0 Å². The van der Waals surface area contributed by atoms with Crippen LogP contribution in [0.3, 0.4) is 0 Å². The molecule has 0 saturated carbocycles. The first-order chi connectivity index (χ1) is 6.66. The van der Waals surface area contributed by atoms with Crippen molar-refractivity contribution in [2.24, 2.45) is 0 Å². The molecule has 1 aliphatic rings. The molecule has 14 heavy (non-hydrogen) atoms. The van der Waals surface area contributed by atoms with Gasteiger partial charge in [0.15, 0.2) is 0 Å². The number of carbonyl (C=O) groups excluding carboxylic acids is 2. The molecule has 72 valence electrons. The van der Waals surface area contributed by atoms with Crippen LogP contribution >= 0.6 is 0 Å². The highest BCUT2D eigenvalue weighted by molar-refractivity contribution is 6.06. The lowest BCUT2D eigenvalue weighted by Crippen LogP contribution is -2.21. The number of hydrogen-bond acceptors (Lipinski definition) is 2. The predicted octanol–water partition coefficient (Wildman–Crippen LogP) is 1.13. The molecule has 1 saturated heterocycles. The number of carbonyl (C=O) groups is 2. The molecule has 0 spiro atoms. The van der Waals surface area contributed by atoms with E-state index in [2.05, 4.69) is 5.32 Å². The van der Waals surface area contributed by atoms with Crippen LogP contribution in [0.15, 0.2) is 24.3 Å². The summed E-state index contributed by atoms with van der Waals surface area (Å²) in [5.74, 6) is -0.650. The van der Waals surface area contributed by atoms with Gasteiger partial charge < -0.3 is 0 Å². The van der Waals surface area contributed by atoms with Crippen molar-refractivity contribution < 1.29 is 9.59 Å². The minimum absolute atomic E-state index is 0.180. The van der Waals surface area contributed by atoms with Gasteiger partial charge in [0.1, 0.15) is 0 Å². The maximum absolute atomic E-state index is 11.3. The van der Waals surface area contributed by atoms with Crippen LogP contribution in [0.5, 0.6) is 0 Å². The summed E-state index contributed by atoms with van der Waals surface area (Å²) in [6.07, 6.45) is 0.280. The van der Waals surface area contributed by atoms with Crippen LogP contribution in [0.25, 0.3) is 0 Å². The van der Waals surface area contributed by atoms with Crippen LogP contribution in [-0.2, 0) is 9.59 Å². The van der Waals surface area contributed by atoms with E-state index in [4.69, 9.17) is 0 Å². The van der Waals surface area contributed by atoms with Crippen LogP contribution in [0.4, 0.5) is 0 Å². The molecule has 0 aromatic heterocycles. The molecule has 0 unspecified atom stereocenters. The van der Waals surface area contributed by atoms with Crippen molar-refractivity contribution in [2.45, 2.75) is 19.3 Å². The normalized spacial score (nSPS) is 21.1. The Morgan fingerprint density at radius 3 is 2.36 bits per heavy atom. The van der Waals surface area contributed by atoms with Gasteiger partial charge in [0, 0.05) is 6.42 Å². The summed E-state index contributed by atoms with van der Waals surface area (Å²) in [6, 6.07) is 7.70. The topological polar surface area (TPSA) is 46.2 Å². The number of aryl methyl sites for hydroxylation is 1. The first kappa shape index (κ1) is 8.94. The number of imide groups is 1. The van der Waals surface area contributed by atoms with Crippen molar-refractivity contribution in [1.82, 2.24) is 5.32 Å². The monoisotopic (exact) mass is 189 g/mol. The Morgan fingerprint density at radius 1 is 1.21 bits per heavy atom. The second kappa shape index (κ2) is 3.25. The smallest absolute Gasteiger partial charge is 0.234 e. The highest BCUT2D eigenvalue weighted by atomic mass is 16.2. The Morgan fingerprint density at radius 2 is 1.86 bits per heavy atom. The van der Waals surface area contributed by atoms with Crippen molar-refractivity contribution in [3.63, 3.8) is 0 Å². The van der Waals surface area contributed by atoms with E-state index >= 15 is 0 Å². The van der Waals surface area contributed by atoms with Crippen LogP contribution in [0.2, 0.25) is 0 Å². The molecule has 1 fully saturated rings. The molecule has 3 nitrogen and oxygen atoms in total. The average molecular weight is 189 g/mol. The Bertz CT molecular complexity index is 381. The first-order valence-corrected chi connectivity index (χ1v) is 4.57. The van der Waals surface area contributed by atoms with Crippen LogP contribution < -0.4 is 5.32 Å². The Labute approximate surface area is 82.1 Å². The second-order valence-electron chi connectivity index (χ2n) is 3.58. The second-order valence-corrected chi connectivity index (χ2v) is 3.58. The summed E-state index contributed by atoms with van der Waals surface area (Å²) in [7, 11) is 0. The molecule has 1 aromatic carbocycles. The number of hydrogen-bond donors (Lipinski definition) is 1. The van der Waals surface area contributed by atoms with Gasteiger partial charge in [-0.05, 0) is 12.5 Å². The Balaban J connectivity index is 2.27. The van der Waals surface area contributed by atoms with Gasteiger partial charge in [-0.15, -0.1) is 0 Å².